The van der Waals surface area contributed by atoms with Gasteiger partial charge in [-0.15, -0.1) is 0 Å². The van der Waals surface area contributed by atoms with Crippen LogP contribution in [0.2, 0.25) is 0 Å². The Labute approximate surface area is 65.3 Å². The number of anilines is 1. The van der Waals surface area contributed by atoms with E-state index in [1.54, 1.807) is 0 Å². The lowest BCUT2D eigenvalue weighted by Crippen LogP contribution is -1.95. The molecule has 0 atom stereocenters. The number of aldehydes is 1. The van der Waals surface area contributed by atoms with Crippen molar-refractivity contribution >= 4 is 12.0 Å². The summed E-state index contributed by atoms with van der Waals surface area (Å²) in [4.78, 5) is 10.1. The van der Waals surface area contributed by atoms with Crippen molar-refractivity contribution in [2.45, 2.75) is 6.42 Å². The number of hydrogen-bond acceptors (Lipinski definition) is 2. The number of benzene rings is 1. The van der Waals surface area contributed by atoms with Crippen LogP contribution in [0.15, 0.2) is 18.2 Å². The van der Waals surface area contributed by atoms with Gasteiger partial charge in [0.2, 0.25) is 0 Å². The molecule has 0 amide bonds. The summed E-state index contributed by atoms with van der Waals surface area (Å²) in [7, 11) is 0. The lowest BCUT2D eigenvalue weighted by Gasteiger charge is -1.99. The normalized spacial score (nSPS) is 9.55. The molecular formula is C8H10FNO. The number of nitrogens with two attached hydrogens (primary N) is 1. The van der Waals surface area contributed by atoms with Crippen molar-refractivity contribution in [1.82, 2.24) is 0 Å². The Morgan fingerprint density at radius 3 is 3.00 bits per heavy atom. The monoisotopic (exact) mass is 155 g/mol. The summed E-state index contributed by atoms with van der Waals surface area (Å²) in [6.07, 6.45) is 0.870. The van der Waals surface area contributed by atoms with Crippen molar-refractivity contribution < 1.29 is 10.6 Å². The Morgan fingerprint density at radius 1 is 1.64 bits per heavy atom. The average molecular weight is 155 g/mol. The maximum atomic E-state index is 12.5. The molecule has 0 radical (unpaired) electrons. The van der Waals surface area contributed by atoms with Gasteiger partial charge in [0.1, 0.15) is 12.1 Å². The molecule has 0 aromatic heterocycles. The molecule has 0 bridgehead atoms. The van der Waals surface area contributed by atoms with E-state index < -0.39 is 0 Å². The third-order valence-electron chi connectivity index (χ3n) is 1.41. The minimum absolute atomic E-state index is 0. The average Bonchev–Trinajstić information content (AvgIpc) is 1.98. The van der Waals surface area contributed by atoms with E-state index in [1.807, 2.05) is 0 Å². The van der Waals surface area contributed by atoms with Gasteiger partial charge in [0.25, 0.3) is 0 Å². The predicted octanol–water partition coefficient (Wildman–Crippen LogP) is 1.40. The first-order valence-electron chi connectivity index (χ1n) is 3.21. The van der Waals surface area contributed by atoms with Gasteiger partial charge in [0.15, 0.2) is 0 Å². The zero-order valence-corrected chi connectivity index (χ0v) is 5.88. The standard InChI is InChI=1S/C8H8FNO.H2/c9-7-1-2-8(10)6(5-7)3-4-11;/h1-2,4-5H,3,10H2;1H. The molecule has 0 saturated carbocycles. The molecule has 0 fully saturated rings. The molecule has 2 N–H and O–H groups in total. The molecule has 3 heteroatoms. The first kappa shape index (κ1) is 7.72. The molecular weight excluding hydrogens is 145 g/mol. The van der Waals surface area contributed by atoms with Gasteiger partial charge in [-0.05, 0) is 23.8 Å². The highest BCUT2D eigenvalue weighted by atomic mass is 19.1. The van der Waals surface area contributed by atoms with Gasteiger partial charge in [-0.25, -0.2) is 4.39 Å². The van der Waals surface area contributed by atoms with Gasteiger partial charge < -0.3 is 10.5 Å². The number of halogens is 1. The number of rotatable bonds is 2. The molecule has 0 aliphatic carbocycles. The SMILES string of the molecule is Nc1ccc(F)cc1CC=O.[HH]. The topological polar surface area (TPSA) is 43.1 Å². The molecule has 0 spiro atoms. The van der Waals surface area contributed by atoms with Crippen LogP contribution in [0.25, 0.3) is 0 Å². The van der Waals surface area contributed by atoms with Crippen molar-refractivity contribution in [2.75, 3.05) is 5.73 Å². The van der Waals surface area contributed by atoms with E-state index in [-0.39, 0.29) is 13.7 Å². The second-order valence-electron chi connectivity index (χ2n) is 2.21. The first-order valence-corrected chi connectivity index (χ1v) is 3.21. The van der Waals surface area contributed by atoms with Crippen LogP contribution in [0.5, 0.6) is 0 Å². The third kappa shape index (κ3) is 1.77. The van der Waals surface area contributed by atoms with E-state index in [4.69, 9.17) is 5.73 Å². The Morgan fingerprint density at radius 2 is 2.36 bits per heavy atom. The fourth-order valence-electron chi connectivity index (χ4n) is 0.841. The van der Waals surface area contributed by atoms with Crippen molar-refractivity contribution in [2.24, 2.45) is 0 Å². The highest BCUT2D eigenvalue weighted by Gasteiger charge is 1.98. The summed E-state index contributed by atoms with van der Waals surface area (Å²) < 4.78 is 12.5. The van der Waals surface area contributed by atoms with Crippen LogP contribution >= 0.6 is 0 Å². The molecule has 1 rings (SSSR count). The van der Waals surface area contributed by atoms with Gasteiger partial charge in [-0.2, -0.15) is 0 Å². The second kappa shape index (κ2) is 3.14. The zero-order chi connectivity index (χ0) is 8.27. The summed E-state index contributed by atoms with van der Waals surface area (Å²) in [5.41, 5.74) is 6.45. The van der Waals surface area contributed by atoms with E-state index in [9.17, 15) is 9.18 Å². The highest BCUT2D eigenvalue weighted by Crippen LogP contribution is 2.12. The van der Waals surface area contributed by atoms with E-state index >= 15 is 0 Å². The van der Waals surface area contributed by atoms with Crippen LogP contribution in [0.4, 0.5) is 10.1 Å². The van der Waals surface area contributed by atoms with Crippen LogP contribution in [-0.4, -0.2) is 6.29 Å². The lowest BCUT2D eigenvalue weighted by molar-refractivity contribution is -0.107. The molecule has 1 aromatic rings. The molecule has 0 heterocycles. The molecule has 2 nitrogen and oxygen atoms in total. The van der Waals surface area contributed by atoms with Crippen molar-refractivity contribution in [1.29, 1.82) is 0 Å². The van der Waals surface area contributed by atoms with Gasteiger partial charge >= 0.3 is 0 Å². The molecule has 1 aromatic carbocycles. The summed E-state index contributed by atoms with van der Waals surface area (Å²) in [5.74, 6) is -0.365. The zero-order valence-electron chi connectivity index (χ0n) is 5.88. The second-order valence-corrected chi connectivity index (χ2v) is 2.21. The maximum Gasteiger partial charge on any atom is 0.124 e. The smallest absolute Gasteiger partial charge is 0.124 e. The van der Waals surface area contributed by atoms with E-state index in [0.29, 0.717) is 17.5 Å². The summed E-state index contributed by atoms with van der Waals surface area (Å²) >= 11 is 0. The number of nitrogen functional groups attached to an aromatic ring is 1. The summed E-state index contributed by atoms with van der Waals surface area (Å²) in [5, 5.41) is 0. The van der Waals surface area contributed by atoms with Crippen LogP contribution < -0.4 is 5.73 Å². The fourth-order valence-corrected chi connectivity index (χ4v) is 0.841. The minimum atomic E-state index is -0.365. The molecule has 11 heavy (non-hydrogen) atoms. The number of carbonyl (C=O) groups is 1. The van der Waals surface area contributed by atoms with Gasteiger partial charge in [-0.1, -0.05) is 0 Å². The van der Waals surface area contributed by atoms with Gasteiger partial charge in [-0.3, -0.25) is 0 Å². The van der Waals surface area contributed by atoms with E-state index in [1.165, 1.54) is 18.2 Å². The van der Waals surface area contributed by atoms with Crippen LogP contribution in [0.3, 0.4) is 0 Å². The highest BCUT2D eigenvalue weighted by molar-refractivity contribution is 5.61. The molecule has 0 aliphatic rings. The lowest BCUT2D eigenvalue weighted by atomic mass is 10.1. The van der Waals surface area contributed by atoms with Crippen LogP contribution in [0, 0.1) is 5.82 Å². The number of carbonyl (C=O) groups excluding carboxylic acids is 1. The third-order valence-corrected chi connectivity index (χ3v) is 1.41. The minimum Gasteiger partial charge on any atom is -0.398 e. The van der Waals surface area contributed by atoms with Crippen LogP contribution in [-0.2, 0) is 11.2 Å². The Kier molecular flexibility index (Phi) is 2.21. The van der Waals surface area contributed by atoms with Crippen molar-refractivity contribution in [3.05, 3.63) is 29.6 Å². The number of hydrogen-bond donors (Lipinski definition) is 1. The maximum absolute atomic E-state index is 12.5. The first-order chi connectivity index (χ1) is 5.24. The van der Waals surface area contributed by atoms with Gasteiger partial charge in [0.05, 0.1) is 0 Å². The largest absolute Gasteiger partial charge is 0.398 e. The Hall–Kier alpha value is -1.38. The van der Waals surface area contributed by atoms with Gasteiger partial charge in [0, 0.05) is 13.5 Å². The molecule has 60 valence electrons. The molecule has 0 aliphatic heterocycles. The fraction of sp³-hybridized carbons (Fsp3) is 0.125. The van der Waals surface area contributed by atoms with E-state index in [2.05, 4.69) is 0 Å². The Balaban J connectivity index is 0.00000121. The summed E-state index contributed by atoms with van der Waals surface area (Å²) in [6, 6.07) is 3.99. The summed E-state index contributed by atoms with van der Waals surface area (Å²) in [6.45, 7) is 0. The molecule has 0 saturated heterocycles. The quantitative estimate of drug-likeness (QED) is 0.518. The van der Waals surface area contributed by atoms with E-state index in [0.717, 1.165) is 0 Å². The molecule has 0 unspecified atom stereocenters. The van der Waals surface area contributed by atoms with Crippen LogP contribution in [0.1, 0.15) is 6.99 Å². The predicted molar refractivity (Wildman–Crippen MR) is 42.7 cm³/mol. The Bertz CT molecular complexity index is 278. The van der Waals surface area contributed by atoms with Crippen molar-refractivity contribution in [3.8, 4) is 0 Å². The van der Waals surface area contributed by atoms with Crippen molar-refractivity contribution in [3.63, 3.8) is 0 Å².